The maximum atomic E-state index is 12.3. The van der Waals surface area contributed by atoms with Crippen molar-refractivity contribution in [3.63, 3.8) is 0 Å². The minimum Gasteiger partial charge on any atom is -0.508 e. The zero-order chi connectivity index (χ0) is 13.8. The summed E-state index contributed by atoms with van der Waals surface area (Å²) < 4.78 is 10.3. The lowest BCUT2D eigenvalue weighted by Crippen LogP contribution is -2.04. The van der Waals surface area contributed by atoms with Gasteiger partial charge in [-0.15, -0.1) is 0 Å². The third-order valence-corrected chi connectivity index (χ3v) is 2.78. The molecular weight excluding hydrogens is 244 g/mol. The third kappa shape index (κ3) is 2.68. The van der Waals surface area contributed by atoms with Gasteiger partial charge in [0.1, 0.15) is 17.2 Å². The van der Waals surface area contributed by atoms with Crippen molar-refractivity contribution in [3.05, 3.63) is 53.6 Å². The van der Waals surface area contributed by atoms with E-state index in [1.807, 2.05) is 0 Å². The van der Waals surface area contributed by atoms with Gasteiger partial charge in [0.15, 0.2) is 5.78 Å². The van der Waals surface area contributed by atoms with Crippen molar-refractivity contribution in [2.24, 2.45) is 0 Å². The number of carbonyl (C=O) groups is 1. The van der Waals surface area contributed by atoms with E-state index in [9.17, 15) is 9.90 Å². The molecule has 0 bridgehead atoms. The Kier molecular flexibility index (Phi) is 3.71. The van der Waals surface area contributed by atoms with Crippen molar-refractivity contribution in [3.8, 4) is 17.2 Å². The van der Waals surface area contributed by atoms with Crippen molar-refractivity contribution >= 4 is 5.78 Å². The van der Waals surface area contributed by atoms with Crippen LogP contribution in [0.2, 0.25) is 0 Å². The molecule has 0 heterocycles. The van der Waals surface area contributed by atoms with Crippen LogP contribution in [0, 0.1) is 0 Å². The number of hydrogen-bond acceptors (Lipinski definition) is 4. The molecule has 4 nitrogen and oxygen atoms in total. The van der Waals surface area contributed by atoms with E-state index in [1.165, 1.54) is 19.2 Å². The number of rotatable bonds is 4. The van der Waals surface area contributed by atoms with E-state index in [2.05, 4.69) is 0 Å². The molecule has 0 spiro atoms. The number of phenols is 1. The molecule has 1 N–H and O–H groups in total. The van der Waals surface area contributed by atoms with E-state index < -0.39 is 0 Å². The molecule has 0 unspecified atom stereocenters. The van der Waals surface area contributed by atoms with Crippen LogP contribution in [0.5, 0.6) is 17.2 Å². The summed E-state index contributed by atoms with van der Waals surface area (Å²) in [7, 11) is 3.05. The van der Waals surface area contributed by atoms with Crippen molar-refractivity contribution in [2.75, 3.05) is 14.2 Å². The molecule has 0 aromatic heterocycles. The first-order valence-corrected chi connectivity index (χ1v) is 5.71. The lowest BCUT2D eigenvalue weighted by molar-refractivity contribution is 0.103. The zero-order valence-electron chi connectivity index (χ0n) is 10.7. The molecule has 2 aromatic carbocycles. The Balaban J connectivity index is 2.40. The molecule has 19 heavy (non-hydrogen) atoms. The first-order chi connectivity index (χ1) is 9.15. The topological polar surface area (TPSA) is 55.8 Å². The second-order valence-corrected chi connectivity index (χ2v) is 3.94. The first-order valence-electron chi connectivity index (χ1n) is 5.71. The number of aromatic hydroxyl groups is 1. The highest BCUT2D eigenvalue weighted by Gasteiger charge is 2.15. The SMILES string of the molecule is COc1ccc(C(=O)c2ccc(O)cc2)c(OC)c1. The summed E-state index contributed by atoms with van der Waals surface area (Å²) >= 11 is 0. The number of ether oxygens (including phenoxy) is 2. The molecule has 0 aliphatic heterocycles. The minimum absolute atomic E-state index is 0.123. The molecule has 2 rings (SSSR count). The standard InChI is InChI=1S/C15H14O4/c1-18-12-7-8-13(14(9-12)19-2)15(17)10-3-5-11(16)6-4-10/h3-9,16H,1-2H3. The van der Waals surface area contributed by atoms with Crippen molar-refractivity contribution < 1.29 is 19.4 Å². The van der Waals surface area contributed by atoms with Gasteiger partial charge in [-0.05, 0) is 36.4 Å². The average Bonchev–Trinajstić information content (AvgIpc) is 2.46. The summed E-state index contributed by atoms with van der Waals surface area (Å²) in [6, 6.07) is 11.1. The van der Waals surface area contributed by atoms with E-state index in [4.69, 9.17) is 9.47 Å². The summed E-state index contributed by atoms with van der Waals surface area (Å²) in [4.78, 5) is 12.3. The number of benzene rings is 2. The molecule has 0 aliphatic rings. The minimum atomic E-state index is -0.167. The molecule has 0 radical (unpaired) electrons. The van der Waals surface area contributed by atoms with Crippen LogP contribution in [0.4, 0.5) is 0 Å². The van der Waals surface area contributed by atoms with Crippen LogP contribution in [-0.4, -0.2) is 25.1 Å². The van der Waals surface area contributed by atoms with E-state index >= 15 is 0 Å². The van der Waals surface area contributed by atoms with E-state index in [1.54, 1.807) is 37.4 Å². The molecule has 0 saturated heterocycles. The maximum Gasteiger partial charge on any atom is 0.196 e. The summed E-state index contributed by atoms with van der Waals surface area (Å²) in [5, 5.41) is 9.23. The highest BCUT2D eigenvalue weighted by atomic mass is 16.5. The van der Waals surface area contributed by atoms with Gasteiger partial charge in [-0.25, -0.2) is 0 Å². The first kappa shape index (κ1) is 13.0. The number of carbonyl (C=O) groups excluding carboxylic acids is 1. The Morgan fingerprint density at radius 3 is 2.26 bits per heavy atom. The fraction of sp³-hybridized carbons (Fsp3) is 0.133. The van der Waals surface area contributed by atoms with Gasteiger partial charge in [0, 0.05) is 11.6 Å². The Morgan fingerprint density at radius 1 is 1.00 bits per heavy atom. The monoisotopic (exact) mass is 258 g/mol. The van der Waals surface area contributed by atoms with E-state index in [0.717, 1.165) is 0 Å². The highest BCUT2D eigenvalue weighted by molar-refractivity contribution is 6.10. The molecule has 0 fully saturated rings. The van der Waals surface area contributed by atoms with Crippen LogP contribution in [0.25, 0.3) is 0 Å². The van der Waals surface area contributed by atoms with Crippen LogP contribution in [0.1, 0.15) is 15.9 Å². The maximum absolute atomic E-state index is 12.3. The lowest BCUT2D eigenvalue weighted by Gasteiger charge is -2.09. The fourth-order valence-electron chi connectivity index (χ4n) is 1.75. The van der Waals surface area contributed by atoms with Crippen LogP contribution < -0.4 is 9.47 Å². The molecule has 0 atom stereocenters. The summed E-state index contributed by atoms with van der Waals surface area (Å²) in [5.41, 5.74) is 0.940. The van der Waals surface area contributed by atoms with Crippen LogP contribution in [0.15, 0.2) is 42.5 Å². The summed E-state index contributed by atoms with van der Waals surface area (Å²) in [5.74, 6) is 1.04. The van der Waals surface area contributed by atoms with Crippen molar-refractivity contribution in [2.45, 2.75) is 0 Å². The molecule has 0 saturated carbocycles. The Labute approximate surface area is 111 Å². The molecule has 0 aliphatic carbocycles. The highest BCUT2D eigenvalue weighted by Crippen LogP contribution is 2.27. The third-order valence-electron chi connectivity index (χ3n) is 2.78. The van der Waals surface area contributed by atoms with Gasteiger partial charge in [0.2, 0.25) is 0 Å². The Hall–Kier alpha value is -2.49. The van der Waals surface area contributed by atoms with E-state index in [-0.39, 0.29) is 11.5 Å². The quantitative estimate of drug-likeness (QED) is 0.856. The summed E-state index contributed by atoms with van der Waals surface area (Å²) in [6.07, 6.45) is 0. The number of methoxy groups -OCH3 is 2. The second-order valence-electron chi connectivity index (χ2n) is 3.94. The van der Waals surface area contributed by atoms with E-state index in [0.29, 0.717) is 22.6 Å². The van der Waals surface area contributed by atoms with Crippen molar-refractivity contribution in [1.29, 1.82) is 0 Å². The summed E-state index contributed by atoms with van der Waals surface area (Å²) in [6.45, 7) is 0. The van der Waals surface area contributed by atoms with Gasteiger partial charge in [0.25, 0.3) is 0 Å². The number of ketones is 1. The molecule has 98 valence electrons. The molecule has 4 heteroatoms. The largest absolute Gasteiger partial charge is 0.508 e. The number of phenolic OH excluding ortho intramolecular Hbond substituents is 1. The normalized spacial score (nSPS) is 10.0. The predicted molar refractivity (Wildman–Crippen MR) is 71.1 cm³/mol. The van der Waals surface area contributed by atoms with Gasteiger partial charge < -0.3 is 14.6 Å². The van der Waals surface area contributed by atoms with Crippen LogP contribution >= 0.6 is 0 Å². The molecule has 2 aromatic rings. The lowest BCUT2D eigenvalue weighted by atomic mass is 10.0. The van der Waals surface area contributed by atoms with Gasteiger partial charge in [-0.1, -0.05) is 0 Å². The second kappa shape index (κ2) is 5.44. The van der Waals surface area contributed by atoms with Gasteiger partial charge in [-0.2, -0.15) is 0 Å². The van der Waals surface area contributed by atoms with Gasteiger partial charge in [0.05, 0.1) is 19.8 Å². The molecular formula is C15H14O4. The molecule has 0 amide bonds. The van der Waals surface area contributed by atoms with Crippen LogP contribution in [-0.2, 0) is 0 Å². The average molecular weight is 258 g/mol. The smallest absolute Gasteiger partial charge is 0.196 e. The van der Waals surface area contributed by atoms with Crippen LogP contribution in [0.3, 0.4) is 0 Å². The fourth-order valence-corrected chi connectivity index (χ4v) is 1.75. The predicted octanol–water partition coefficient (Wildman–Crippen LogP) is 2.64. The van der Waals surface area contributed by atoms with Gasteiger partial charge in [-0.3, -0.25) is 4.79 Å². The Bertz CT molecular complexity index is 588. The Morgan fingerprint density at radius 2 is 1.68 bits per heavy atom. The van der Waals surface area contributed by atoms with Crippen molar-refractivity contribution in [1.82, 2.24) is 0 Å². The zero-order valence-corrected chi connectivity index (χ0v) is 10.7. The van der Waals surface area contributed by atoms with Gasteiger partial charge >= 0.3 is 0 Å². The number of hydrogen-bond donors (Lipinski definition) is 1.